The summed E-state index contributed by atoms with van der Waals surface area (Å²) in [7, 11) is -4.91. The normalized spacial score (nSPS) is 11.9. The molecule has 0 aliphatic rings. The molecule has 0 unspecified atom stereocenters. The molecule has 0 bridgehead atoms. The smallest absolute Gasteiger partial charge is 0.274 e. The largest absolute Gasteiger partial charge is 0.288 e. The van der Waals surface area contributed by atoms with Crippen molar-refractivity contribution in [2.45, 2.75) is 31.3 Å². The van der Waals surface area contributed by atoms with Gasteiger partial charge in [-0.25, -0.2) is 35.8 Å². The van der Waals surface area contributed by atoms with E-state index in [1.54, 1.807) is 0 Å². The molecular weight excluding hydrogens is 423 g/mol. The number of hydrogen-bond donors (Lipinski definition) is 2. The standard InChI is InChI=1S/C17H15F5N2O4S/c1-8(2)24(7-10-4-3-9(5-11(10)18)17(25)23-26)29(27,28)13-6-12(19)14(20)16(22)15(13)21/h3-6,8,26H,7H2,1-2H3,(H,23,25). The number of nitrogens with one attached hydrogen (secondary N) is 1. The highest BCUT2D eigenvalue weighted by Crippen LogP contribution is 2.28. The van der Waals surface area contributed by atoms with Gasteiger partial charge in [-0.3, -0.25) is 10.0 Å². The molecule has 0 aliphatic heterocycles. The molecule has 0 saturated carbocycles. The van der Waals surface area contributed by atoms with Crippen LogP contribution in [0, 0.1) is 29.1 Å². The van der Waals surface area contributed by atoms with E-state index in [9.17, 15) is 35.2 Å². The summed E-state index contributed by atoms with van der Waals surface area (Å²) >= 11 is 0. The van der Waals surface area contributed by atoms with E-state index in [4.69, 9.17) is 5.21 Å². The van der Waals surface area contributed by atoms with Gasteiger partial charge in [-0.05, 0) is 26.0 Å². The van der Waals surface area contributed by atoms with E-state index >= 15 is 0 Å². The lowest BCUT2D eigenvalue weighted by Gasteiger charge is -2.26. The van der Waals surface area contributed by atoms with Crippen LogP contribution in [-0.2, 0) is 16.6 Å². The van der Waals surface area contributed by atoms with E-state index in [0.717, 1.165) is 18.2 Å². The van der Waals surface area contributed by atoms with Gasteiger partial charge in [0, 0.05) is 29.8 Å². The van der Waals surface area contributed by atoms with Crippen LogP contribution in [0.1, 0.15) is 29.8 Å². The average molecular weight is 438 g/mol. The molecule has 0 atom stereocenters. The molecule has 2 rings (SSSR count). The summed E-state index contributed by atoms with van der Waals surface area (Å²) in [6.07, 6.45) is 0. The Morgan fingerprint density at radius 3 is 2.17 bits per heavy atom. The van der Waals surface area contributed by atoms with Crippen LogP contribution in [0.2, 0.25) is 0 Å². The van der Waals surface area contributed by atoms with Gasteiger partial charge < -0.3 is 0 Å². The number of hydrogen-bond acceptors (Lipinski definition) is 4. The summed E-state index contributed by atoms with van der Waals surface area (Å²) in [4.78, 5) is 9.86. The first kappa shape index (κ1) is 22.7. The minimum Gasteiger partial charge on any atom is -0.288 e. The van der Waals surface area contributed by atoms with Crippen LogP contribution >= 0.6 is 0 Å². The van der Waals surface area contributed by atoms with Gasteiger partial charge in [0.2, 0.25) is 10.0 Å². The second-order valence-electron chi connectivity index (χ2n) is 6.19. The van der Waals surface area contributed by atoms with Crippen LogP contribution in [0.4, 0.5) is 22.0 Å². The van der Waals surface area contributed by atoms with Gasteiger partial charge in [0.1, 0.15) is 10.7 Å². The Kier molecular flexibility index (Phi) is 6.60. The minimum absolute atomic E-state index is 0.00347. The van der Waals surface area contributed by atoms with Crippen LogP contribution in [0.15, 0.2) is 29.2 Å². The summed E-state index contributed by atoms with van der Waals surface area (Å²) in [5.41, 5.74) is 0.786. The van der Waals surface area contributed by atoms with E-state index < -0.39 is 62.5 Å². The Balaban J connectivity index is 2.51. The van der Waals surface area contributed by atoms with Gasteiger partial charge in [-0.2, -0.15) is 4.31 Å². The molecule has 2 N–H and O–H groups in total. The Morgan fingerprint density at radius 2 is 1.66 bits per heavy atom. The first-order valence-electron chi connectivity index (χ1n) is 7.99. The summed E-state index contributed by atoms with van der Waals surface area (Å²) < 4.78 is 94.5. The zero-order valence-electron chi connectivity index (χ0n) is 15.0. The van der Waals surface area contributed by atoms with Crippen LogP contribution in [0.25, 0.3) is 0 Å². The average Bonchev–Trinajstić information content (AvgIpc) is 2.66. The molecule has 0 radical (unpaired) electrons. The van der Waals surface area contributed by atoms with Crippen molar-refractivity contribution in [3.05, 3.63) is 64.5 Å². The van der Waals surface area contributed by atoms with E-state index in [1.165, 1.54) is 19.3 Å². The molecule has 2 aromatic rings. The Bertz CT molecular complexity index is 1060. The van der Waals surface area contributed by atoms with Crippen molar-refractivity contribution in [3.8, 4) is 0 Å². The van der Waals surface area contributed by atoms with Gasteiger partial charge in [-0.1, -0.05) is 6.07 Å². The highest BCUT2D eigenvalue weighted by atomic mass is 32.2. The third kappa shape index (κ3) is 4.38. The van der Waals surface area contributed by atoms with Crippen molar-refractivity contribution in [3.63, 3.8) is 0 Å². The van der Waals surface area contributed by atoms with Gasteiger partial charge in [0.05, 0.1) is 0 Å². The maximum absolute atomic E-state index is 14.3. The molecular formula is C17H15F5N2O4S. The fourth-order valence-corrected chi connectivity index (χ4v) is 4.14. The molecule has 29 heavy (non-hydrogen) atoms. The Labute approximate surface area is 162 Å². The van der Waals surface area contributed by atoms with Crippen molar-refractivity contribution in [2.75, 3.05) is 0 Å². The predicted molar refractivity (Wildman–Crippen MR) is 89.8 cm³/mol. The lowest BCUT2D eigenvalue weighted by molar-refractivity contribution is 0.0706. The maximum Gasteiger partial charge on any atom is 0.274 e. The maximum atomic E-state index is 14.3. The summed E-state index contributed by atoms with van der Waals surface area (Å²) in [6, 6.07) is 1.95. The number of amides is 1. The Hall–Kier alpha value is -2.57. The molecule has 2 aromatic carbocycles. The van der Waals surface area contributed by atoms with Crippen molar-refractivity contribution in [1.82, 2.24) is 9.79 Å². The number of sulfonamides is 1. The number of nitrogens with zero attached hydrogens (tertiary/aromatic N) is 1. The van der Waals surface area contributed by atoms with E-state index in [1.807, 2.05) is 0 Å². The number of benzene rings is 2. The molecule has 0 fully saturated rings. The number of carbonyl (C=O) groups excluding carboxylic acids is 1. The zero-order chi connectivity index (χ0) is 22.1. The first-order valence-corrected chi connectivity index (χ1v) is 9.43. The molecule has 1 amide bonds. The molecule has 6 nitrogen and oxygen atoms in total. The number of rotatable bonds is 6. The zero-order valence-corrected chi connectivity index (χ0v) is 15.8. The van der Waals surface area contributed by atoms with Crippen molar-refractivity contribution in [2.24, 2.45) is 0 Å². The molecule has 158 valence electrons. The van der Waals surface area contributed by atoms with E-state index in [0.29, 0.717) is 4.31 Å². The van der Waals surface area contributed by atoms with Gasteiger partial charge in [0.15, 0.2) is 23.3 Å². The molecule has 0 aliphatic carbocycles. The third-order valence-corrected chi connectivity index (χ3v) is 6.00. The lowest BCUT2D eigenvalue weighted by Crippen LogP contribution is -2.37. The topological polar surface area (TPSA) is 86.7 Å². The fourth-order valence-electron chi connectivity index (χ4n) is 2.46. The quantitative estimate of drug-likeness (QED) is 0.239. The molecule has 12 heteroatoms. The van der Waals surface area contributed by atoms with Gasteiger partial charge in [0.25, 0.3) is 5.91 Å². The fraction of sp³-hybridized carbons (Fsp3) is 0.235. The highest BCUT2D eigenvalue weighted by Gasteiger charge is 2.34. The van der Waals surface area contributed by atoms with Gasteiger partial charge >= 0.3 is 0 Å². The van der Waals surface area contributed by atoms with E-state index in [2.05, 4.69) is 0 Å². The highest BCUT2D eigenvalue weighted by molar-refractivity contribution is 7.89. The third-order valence-electron chi connectivity index (χ3n) is 3.97. The summed E-state index contributed by atoms with van der Waals surface area (Å²) in [6.45, 7) is 2.00. The lowest BCUT2D eigenvalue weighted by atomic mass is 10.1. The Morgan fingerprint density at radius 1 is 1.03 bits per heavy atom. The summed E-state index contributed by atoms with van der Waals surface area (Å²) in [5, 5.41) is 8.56. The molecule has 0 saturated heterocycles. The van der Waals surface area contributed by atoms with Gasteiger partial charge in [-0.15, -0.1) is 0 Å². The van der Waals surface area contributed by atoms with Crippen LogP contribution in [0.3, 0.4) is 0 Å². The SMILES string of the molecule is CC(C)N(Cc1ccc(C(=O)NO)cc1F)S(=O)(=O)c1cc(F)c(F)c(F)c1F. The van der Waals surface area contributed by atoms with Crippen LogP contribution in [0.5, 0.6) is 0 Å². The number of hydroxylamine groups is 1. The second-order valence-corrected chi connectivity index (χ2v) is 8.05. The monoisotopic (exact) mass is 438 g/mol. The predicted octanol–water partition coefficient (Wildman–Crippen LogP) is 3.10. The summed E-state index contributed by atoms with van der Waals surface area (Å²) in [5.74, 6) is -10.5. The van der Waals surface area contributed by atoms with E-state index in [-0.39, 0.29) is 17.2 Å². The number of halogens is 5. The molecule has 0 aromatic heterocycles. The first-order chi connectivity index (χ1) is 13.4. The van der Waals surface area contributed by atoms with Crippen molar-refractivity contribution < 1.29 is 40.4 Å². The minimum atomic E-state index is -4.91. The van der Waals surface area contributed by atoms with Crippen LogP contribution < -0.4 is 5.48 Å². The molecule has 0 heterocycles. The van der Waals surface area contributed by atoms with Crippen LogP contribution in [-0.4, -0.2) is 29.9 Å². The van der Waals surface area contributed by atoms with Crippen molar-refractivity contribution in [1.29, 1.82) is 0 Å². The second kappa shape index (κ2) is 8.43. The van der Waals surface area contributed by atoms with Crippen molar-refractivity contribution >= 4 is 15.9 Å². The molecule has 0 spiro atoms. The number of carbonyl (C=O) groups is 1.